The normalized spacial score (nSPS) is 15.3. The molecule has 5 nitrogen and oxygen atoms in total. The van der Waals surface area contributed by atoms with Crippen molar-refractivity contribution in [3.8, 4) is 0 Å². The van der Waals surface area contributed by atoms with Gasteiger partial charge in [0, 0.05) is 16.3 Å². The molecule has 0 saturated carbocycles. The zero-order valence-electron chi connectivity index (χ0n) is 19.1. The molecule has 2 heterocycles. The van der Waals surface area contributed by atoms with Crippen molar-refractivity contribution in [1.82, 2.24) is 9.55 Å². The number of para-hydroxylation sites is 2. The molecular formula is C27H26N4OS. The molecule has 0 fully saturated rings. The van der Waals surface area contributed by atoms with Gasteiger partial charge in [0.05, 0.1) is 22.6 Å². The van der Waals surface area contributed by atoms with E-state index >= 15 is 0 Å². The van der Waals surface area contributed by atoms with Crippen molar-refractivity contribution >= 4 is 40.3 Å². The summed E-state index contributed by atoms with van der Waals surface area (Å²) in [4.78, 5) is 19.7. The fourth-order valence-corrected chi connectivity index (χ4v) is 4.91. The van der Waals surface area contributed by atoms with Gasteiger partial charge in [-0.1, -0.05) is 42.0 Å². The first-order valence-corrected chi connectivity index (χ1v) is 12.2. The molecule has 0 aliphatic carbocycles. The lowest BCUT2D eigenvalue weighted by Gasteiger charge is -2.31. The molecule has 1 aromatic heterocycles. The fraction of sp³-hybridized carbons (Fsp3) is 0.185. The van der Waals surface area contributed by atoms with Gasteiger partial charge in [0.25, 0.3) is 5.91 Å². The smallest absolute Gasteiger partial charge is 0.255 e. The molecule has 1 aliphatic rings. The largest absolute Gasteiger partial charge is 0.329 e. The van der Waals surface area contributed by atoms with Crippen molar-refractivity contribution in [3.63, 3.8) is 0 Å². The Labute approximate surface area is 197 Å². The van der Waals surface area contributed by atoms with Crippen LogP contribution in [0.25, 0.3) is 11.0 Å². The van der Waals surface area contributed by atoms with Crippen molar-refractivity contribution in [1.29, 1.82) is 0 Å². The molecule has 1 aliphatic heterocycles. The minimum atomic E-state index is -0.296. The van der Waals surface area contributed by atoms with Crippen LogP contribution >= 0.6 is 11.8 Å². The van der Waals surface area contributed by atoms with E-state index in [1.807, 2.05) is 44.2 Å². The van der Waals surface area contributed by atoms with Crippen LogP contribution in [-0.2, 0) is 4.79 Å². The van der Waals surface area contributed by atoms with E-state index in [9.17, 15) is 4.79 Å². The molecule has 3 aromatic carbocycles. The number of aromatic nitrogens is 2. The van der Waals surface area contributed by atoms with E-state index < -0.39 is 0 Å². The Kier molecular flexibility index (Phi) is 5.46. The Morgan fingerprint density at radius 3 is 2.52 bits per heavy atom. The first kappa shape index (κ1) is 21.3. The average Bonchev–Trinajstić information content (AvgIpc) is 3.18. The molecule has 1 amide bonds. The number of carbonyl (C=O) groups excluding carboxylic acids is 1. The zero-order chi connectivity index (χ0) is 23.1. The lowest BCUT2D eigenvalue weighted by molar-refractivity contribution is -0.113. The van der Waals surface area contributed by atoms with Gasteiger partial charge in [-0.05, 0) is 68.5 Å². The summed E-state index contributed by atoms with van der Waals surface area (Å²) in [5.74, 6) is 0.630. The van der Waals surface area contributed by atoms with Crippen molar-refractivity contribution in [2.75, 3.05) is 16.9 Å². The SMILES string of the molecule is CSc1ccc([C@H]2C(C(=O)Nc3ccc(C)cc3C)=C(C)Nc3nc4ccccc4n32)cc1. The second kappa shape index (κ2) is 8.45. The van der Waals surface area contributed by atoms with Crippen LogP contribution in [0.3, 0.4) is 0 Å². The lowest BCUT2D eigenvalue weighted by atomic mass is 9.94. The van der Waals surface area contributed by atoms with E-state index in [2.05, 4.69) is 64.8 Å². The summed E-state index contributed by atoms with van der Waals surface area (Å²) in [6, 6.07) is 22.2. The maximum atomic E-state index is 13.7. The molecule has 1 atom stereocenters. The number of allylic oxidation sites excluding steroid dienone is 1. The van der Waals surface area contributed by atoms with Crippen LogP contribution in [0.15, 0.2) is 82.9 Å². The fourth-order valence-electron chi connectivity index (χ4n) is 4.50. The van der Waals surface area contributed by atoms with Crippen LogP contribution in [-0.4, -0.2) is 21.7 Å². The number of anilines is 2. The quantitative estimate of drug-likeness (QED) is 0.355. The Balaban J connectivity index is 1.65. The van der Waals surface area contributed by atoms with Gasteiger partial charge in [0.1, 0.15) is 0 Å². The highest BCUT2D eigenvalue weighted by molar-refractivity contribution is 7.98. The van der Waals surface area contributed by atoms with Crippen molar-refractivity contribution in [2.45, 2.75) is 31.7 Å². The predicted molar refractivity (Wildman–Crippen MR) is 137 cm³/mol. The summed E-state index contributed by atoms with van der Waals surface area (Å²) >= 11 is 1.70. The van der Waals surface area contributed by atoms with E-state index in [-0.39, 0.29) is 11.9 Å². The van der Waals surface area contributed by atoms with Crippen LogP contribution in [0, 0.1) is 13.8 Å². The number of rotatable bonds is 4. The third kappa shape index (κ3) is 3.80. The average molecular weight is 455 g/mol. The molecule has 2 N–H and O–H groups in total. The highest BCUT2D eigenvalue weighted by Gasteiger charge is 2.34. The highest BCUT2D eigenvalue weighted by Crippen LogP contribution is 2.40. The molecule has 0 bridgehead atoms. The molecule has 0 spiro atoms. The summed E-state index contributed by atoms with van der Waals surface area (Å²) in [7, 11) is 0. The monoisotopic (exact) mass is 454 g/mol. The van der Waals surface area contributed by atoms with Crippen molar-refractivity contribution in [3.05, 3.63) is 94.7 Å². The molecule has 5 rings (SSSR count). The molecule has 0 radical (unpaired) electrons. The van der Waals surface area contributed by atoms with Gasteiger partial charge in [-0.2, -0.15) is 0 Å². The van der Waals surface area contributed by atoms with E-state index in [1.54, 1.807) is 11.8 Å². The van der Waals surface area contributed by atoms with Crippen LogP contribution < -0.4 is 10.6 Å². The minimum absolute atomic E-state index is 0.116. The number of hydrogen-bond acceptors (Lipinski definition) is 4. The summed E-state index contributed by atoms with van der Waals surface area (Å²) in [6.45, 7) is 6.02. The summed E-state index contributed by atoms with van der Waals surface area (Å²) in [5, 5.41) is 6.53. The van der Waals surface area contributed by atoms with Gasteiger partial charge >= 0.3 is 0 Å². The van der Waals surface area contributed by atoms with Gasteiger partial charge in [-0.15, -0.1) is 11.8 Å². The minimum Gasteiger partial charge on any atom is -0.329 e. The summed E-state index contributed by atoms with van der Waals surface area (Å²) < 4.78 is 2.13. The zero-order valence-corrected chi connectivity index (χ0v) is 20.0. The molecule has 4 aromatic rings. The standard InChI is InChI=1S/C27H26N4OS/c1-16-9-14-21(17(2)15-16)29-26(32)24-18(3)28-27-30-22-7-5-6-8-23(22)31(27)25(24)19-10-12-20(33-4)13-11-19/h5-15,25H,1-4H3,(H,28,30)(H,29,32)/t25-/m0/s1. The number of thioether (sulfide) groups is 1. The molecule has 33 heavy (non-hydrogen) atoms. The molecule has 6 heteroatoms. The van der Waals surface area contributed by atoms with Gasteiger partial charge in [0.2, 0.25) is 5.95 Å². The number of hydrogen-bond donors (Lipinski definition) is 2. The maximum absolute atomic E-state index is 13.7. The first-order chi connectivity index (χ1) is 16.0. The van der Waals surface area contributed by atoms with Gasteiger partial charge in [-0.3, -0.25) is 9.36 Å². The van der Waals surface area contributed by atoms with Crippen LogP contribution in [0.5, 0.6) is 0 Å². The number of aryl methyl sites for hydroxylation is 2. The lowest BCUT2D eigenvalue weighted by Crippen LogP contribution is -2.31. The number of amides is 1. The second-order valence-corrected chi connectivity index (χ2v) is 9.29. The Bertz CT molecular complexity index is 1400. The number of carbonyl (C=O) groups is 1. The maximum Gasteiger partial charge on any atom is 0.255 e. The third-order valence-electron chi connectivity index (χ3n) is 6.14. The molecule has 166 valence electrons. The van der Waals surface area contributed by atoms with E-state index in [0.29, 0.717) is 5.57 Å². The van der Waals surface area contributed by atoms with Crippen LogP contribution in [0.4, 0.5) is 11.6 Å². The van der Waals surface area contributed by atoms with Crippen LogP contribution in [0.2, 0.25) is 0 Å². The van der Waals surface area contributed by atoms with Gasteiger partial charge in [-0.25, -0.2) is 4.98 Å². The molecule has 0 saturated heterocycles. The summed E-state index contributed by atoms with van der Waals surface area (Å²) in [6.07, 6.45) is 2.06. The van der Waals surface area contributed by atoms with Crippen molar-refractivity contribution in [2.24, 2.45) is 0 Å². The predicted octanol–water partition coefficient (Wildman–Crippen LogP) is 6.30. The number of fused-ring (bicyclic) bond motifs is 3. The summed E-state index contributed by atoms with van der Waals surface area (Å²) in [5.41, 5.74) is 7.45. The van der Waals surface area contributed by atoms with E-state index in [4.69, 9.17) is 4.98 Å². The Morgan fingerprint density at radius 2 is 1.79 bits per heavy atom. The number of imidazole rings is 1. The third-order valence-corrected chi connectivity index (χ3v) is 6.88. The number of benzene rings is 3. The van der Waals surface area contributed by atoms with E-state index in [1.165, 1.54) is 10.5 Å². The van der Waals surface area contributed by atoms with Gasteiger partial charge < -0.3 is 10.6 Å². The molecular weight excluding hydrogens is 428 g/mol. The topological polar surface area (TPSA) is 59.0 Å². The second-order valence-electron chi connectivity index (χ2n) is 8.41. The number of nitrogens with one attached hydrogen (secondary N) is 2. The Morgan fingerprint density at radius 1 is 1.03 bits per heavy atom. The van der Waals surface area contributed by atoms with Crippen molar-refractivity contribution < 1.29 is 4.79 Å². The highest BCUT2D eigenvalue weighted by atomic mass is 32.2. The Hall–Kier alpha value is -3.51. The molecule has 0 unspecified atom stereocenters. The van der Waals surface area contributed by atoms with Crippen LogP contribution in [0.1, 0.15) is 29.7 Å². The van der Waals surface area contributed by atoms with Gasteiger partial charge in [0.15, 0.2) is 0 Å². The van der Waals surface area contributed by atoms with E-state index in [0.717, 1.165) is 39.5 Å². The first-order valence-electron chi connectivity index (χ1n) is 10.9. The number of nitrogens with zero attached hydrogens (tertiary/aromatic N) is 2.